The van der Waals surface area contributed by atoms with Gasteiger partial charge in [0.15, 0.2) is 0 Å². The molecule has 0 heterocycles. The second kappa shape index (κ2) is 5.73. The second-order valence-electron chi connectivity index (χ2n) is 2.91. The van der Waals surface area contributed by atoms with Gasteiger partial charge >= 0.3 is 0 Å². The normalized spacial score (nSPS) is 12.8. The molecule has 1 aromatic rings. The van der Waals surface area contributed by atoms with Crippen LogP contribution in [0.3, 0.4) is 0 Å². The van der Waals surface area contributed by atoms with Gasteiger partial charge in [0.2, 0.25) is 0 Å². The molecule has 1 rings (SSSR count). The van der Waals surface area contributed by atoms with Gasteiger partial charge in [0.1, 0.15) is 0 Å². The van der Waals surface area contributed by atoms with E-state index < -0.39 is 0 Å². The van der Waals surface area contributed by atoms with Crippen LogP contribution in [-0.2, 0) is 4.74 Å². The van der Waals surface area contributed by atoms with Crippen LogP contribution in [0.5, 0.6) is 0 Å². The molecule has 0 saturated carbocycles. The number of hydrogen-bond donors (Lipinski definition) is 1. The summed E-state index contributed by atoms with van der Waals surface area (Å²) >= 11 is 0. The van der Waals surface area contributed by atoms with Gasteiger partial charge in [-0.1, -0.05) is 30.3 Å². The highest BCUT2D eigenvalue weighted by molar-refractivity contribution is 5.18. The Kier molecular flexibility index (Phi) is 4.50. The van der Waals surface area contributed by atoms with E-state index in [2.05, 4.69) is 17.4 Å². The number of rotatable bonds is 5. The third-order valence-corrected chi connectivity index (χ3v) is 2.04. The minimum absolute atomic E-state index is 0.307. The molecule has 2 nitrogen and oxygen atoms in total. The molecule has 2 heteroatoms. The third-order valence-electron chi connectivity index (χ3n) is 2.04. The quantitative estimate of drug-likeness (QED) is 0.746. The molecule has 13 heavy (non-hydrogen) atoms. The Labute approximate surface area is 79.9 Å². The first-order chi connectivity index (χ1) is 6.38. The van der Waals surface area contributed by atoms with Crippen LogP contribution in [-0.4, -0.2) is 20.3 Å². The smallest absolute Gasteiger partial charge is 0.0661 e. The van der Waals surface area contributed by atoms with Crippen molar-refractivity contribution in [1.29, 1.82) is 0 Å². The van der Waals surface area contributed by atoms with E-state index in [0.29, 0.717) is 6.04 Å². The Hall–Kier alpha value is -0.860. The Morgan fingerprint density at radius 1 is 1.31 bits per heavy atom. The average Bonchev–Trinajstić information content (AvgIpc) is 2.21. The summed E-state index contributed by atoms with van der Waals surface area (Å²) in [6.07, 6.45) is 0. The van der Waals surface area contributed by atoms with Crippen LogP contribution in [0, 0.1) is 0 Å². The zero-order valence-corrected chi connectivity index (χ0v) is 8.29. The summed E-state index contributed by atoms with van der Waals surface area (Å²) in [5.74, 6) is 0. The Bertz CT molecular complexity index is 223. The molecule has 72 valence electrons. The van der Waals surface area contributed by atoms with Crippen molar-refractivity contribution < 1.29 is 4.74 Å². The van der Waals surface area contributed by atoms with E-state index in [1.165, 1.54) is 5.56 Å². The van der Waals surface area contributed by atoms with Crippen molar-refractivity contribution in [1.82, 2.24) is 5.32 Å². The minimum Gasteiger partial charge on any atom is -0.380 e. The SMILES string of the molecule is CCOCC(NC)c1ccccc1. The maximum atomic E-state index is 5.38. The standard InChI is InChI=1S/C11H17NO/c1-3-13-9-11(12-2)10-7-5-4-6-8-10/h4-8,11-12H,3,9H2,1-2H3. The lowest BCUT2D eigenvalue weighted by Gasteiger charge is -2.15. The first-order valence-corrected chi connectivity index (χ1v) is 4.68. The van der Waals surface area contributed by atoms with Crippen molar-refractivity contribution in [3.8, 4) is 0 Å². The molecule has 1 unspecified atom stereocenters. The lowest BCUT2D eigenvalue weighted by molar-refractivity contribution is 0.125. The highest BCUT2D eigenvalue weighted by Crippen LogP contribution is 2.11. The van der Waals surface area contributed by atoms with Crippen LogP contribution in [0.4, 0.5) is 0 Å². The van der Waals surface area contributed by atoms with Crippen molar-refractivity contribution in [2.75, 3.05) is 20.3 Å². The Morgan fingerprint density at radius 2 is 2.00 bits per heavy atom. The van der Waals surface area contributed by atoms with Crippen molar-refractivity contribution >= 4 is 0 Å². The fourth-order valence-corrected chi connectivity index (χ4v) is 1.27. The molecule has 0 saturated heterocycles. The van der Waals surface area contributed by atoms with E-state index in [9.17, 15) is 0 Å². The zero-order valence-electron chi connectivity index (χ0n) is 8.29. The molecule has 0 bridgehead atoms. The number of hydrogen-bond acceptors (Lipinski definition) is 2. The molecule has 0 radical (unpaired) electrons. The van der Waals surface area contributed by atoms with Crippen molar-refractivity contribution in [2.24, 2.45) is 0 Å². The van der Waals surface area contributed by atoms with E-state index >= 15 is 0 Å². The summed E-state index contributed by atoms with van der Waals surface area (Å²) in [5, 5.41) is 3.23. The molecule has 0 aliphatic heterocycles. The van der Waals surface area contributed by atoms with Gasteiger partial charge in [-0.05, 0) is 19.5 Å². The summed E-state index contributed by atoms with van der Waals surface area (Å²) in [7, 11) is 1.96. The van der Waals surface area contributed by atoms with Gasteiger partial charge in [-0.15, -0.1) is 0 Å². The van der Waals surface area contributed by atoms with Crippen molar-refractivity contribution in [3.63, 3.8) is 0 Å². The largest absolute Gasteiger partial charge is 0.380 e. The molecule has 0 aromatic heterocycles. The van der Waals surface area contributed by atoms with E-state index in [1.807, 2.05) is 32.2 Å². The minimum atomic E-state index is 0.307. The molecule has 0 aliphatic rings. The van der Waals surface area contributed by atoms with Gasteiger partial charge in [0, 0.05) is 6.61 Å². The van der Waals surface area contributed by atoms with Crippen LogP contribution in [0.2, 0.25) is 0 Å². The summed E-state index contributed by atoms with van der Waals surface area (Å²) in [5.41, 5.74) is 1.28. The van der Waals surface area contributed by atoms with E-state index in [-0.39, 0.29) is 0 Å². The first-order valence-electron chi connectivity index (χ1n) is 4.68. The number of likely N-dealkylation sites (N-methyl/N-ethyl adjacent to an activating group) is 1. The molecular weight excluding hydrogens is 162 g/mol. The maximum absolute atomic E-state index is 5.38. The Balaban J connectivity index is 2.56. The maximum Gasteiger partial charge on any atom is 0.0661 e. The highest BCUT2D eigenvalue weighted by atomic mass is 16.5. The summed E-state index contributed by atoms with van der Waals surface area (Å²) < 4.78 is 5.38. The van der Waals surface area contributed by atoms with Gasteiger partial charge in [-0.25, -0.2) is 0 Å². The van der Waals surface area contributed by atoms with Gasteiger partial charge in [-0.2, -0.15) is 0 Å². The fourth-order valence-electron chi connectivity index (χ4n) is 1.27. The van der Waals surface area contributed by atoms with Gasteiger partial charge in [0.05, 0.1) is 12.6 Å². The predicted molar refractivity (Wildman–Crippen MR) is 54.7 cm³/mol. The summed E-state index contributed by atoms with van der Waals surface area (Å²) in [4.78, 5) is 0. The molecule has 0 fully saturated rings. The lowest BCUT2D eigenvalue weighted by atomic mass is 10.1. The molecular formula is C11H17NO. The van der Waals surface area contributed by atoms with Crippen molar-refractivity contribution in [3.05, 3.63) is 35.9 Å². The van der Waals surface area contributed by atoms with Crippen LogP contribution >= 0.6 is 0 Å². The number of benzene rings is 1. The first kappa shape index (κ1) is 10.2. The lowest BCUT2D eigenvalue weighted by Crippen LogP contribution is -2.21. The molecule has 1 atom stereocenters. The van der Waals surface area contributed by atoms with Gasteiger partial charge in [0.25, 0.3) is 0 Å². The van der Waals surface area contributed by atoms with Gasteiger partial charge in [-0.3, -0.25) is 0 Å². The summed E-state index contributed by atoms with van der Waals surface area (Å²) in [6, 6.07) is 10.6. The molecule has 0 spiro atoms. The topological polar surface area (TPSA) is 21.3 Å². The number of nitrogens with one attached hydrogen (secondary N) is 1. The van der Waals surface area contributed by atoms with Crippen LogP contribution in [0.1, 0.15) is 18.5 Å². The third kappa shape index (κ3) is 3.17. The fraction of sp³-hybridized carbons (Fsp3) is 0.455. The molecule has 0 aliphatic carbocycles. The zero-order chi connectivity index (χ0) is 9.52. The molecule has 1 aromatic carbocycles. The molecule has 0 amide bonds. The Morgan fingerprint density at radius 3 is 2.54 bits per heavy atom. The van der Waals surface area contributed by atoms with E-state index in [0.717, 1.165) is 13.2 Å². The van der Waals surface area contributed by atoms with E-state index in [4.69, 9.17) is 4.74 Å². The van der Waals surface area contributed by atoms with Crippen LogP contribution < -0.4 is 5.32 Å². The predicted octanol–water partition coefficient (Wildman–Crippen LogP) is 1.98. The van der Waals surface area contributed by atoms with E-state index in [1.54, 1.807) is 0 Å². The number of ether oxygens (including phenoxy) is 1. The summed E-state index contributed by atoms with van der Waals surface area (Å²) in [6.45, 7) is 3.51. The second-order valence-corrected chi connectivity index (χ2v) is 2.91. The van der Waals surface area contributed by atoms with Gasteiger partial charge < -0.3 is 10.1 Å². The monoisotopic (exact) mass is 179 g/mol. The molecule has 1 N–H and O–H groups in total. The van der Waals surface area contributed by atoms with Crippen LogP contribution in [0.15, 0.2) is 30.3 Å². The van der Waals surface area contributed by atoms with Crippen LogP contribution in [0.25, 0.3) is 0 Å². The average molecular weight is 179 g/mol. The van der Waals surface area contributed by atoms with Crippen molar-refractivity contribution in [2.45, 2.75) is 13.0 Å². The highest BCUT2D eigenvalue weighted by Gasteiger charge is 2.06.